The number of morpholine rings is 1. The van der Waals surface area contributed by atoms with Gasteiger partial charge in [0.25, 0.3) is 0 Å². The number of nitrogens with one attached hydrogen (secondary N) is 2. The monoisotopic (exact) mass is 283 g/mol. The normalized spacial score (nSPS) is 20.9. The molecule has 1 aliphatic heterocycles. The van der Waals surface area contributed by atoms with Crippen LogP contribution in [0.4, 0.5) is 0 Å². The molecule has 100 valence electrons. The zero-order valence-electron chi connectivity index (χ0n) is 10.2. The van der Waals surface area contributed by atoms with Crippen molar-refractivity contribution in [2.75, 3.05) is 45.3 Å². The highest BCUT2D eigenvalue weighted by molar-refractivity contribution is 6.39. The van der Waals surface area contributed by atoms with E-state index >= 15 is 0 Å². The second-order valence-corrected chi connectivity index (χ2v) is 5.65. The summed E-state index contributed by atoms with van der Waals surface area (Å²) in [7, 11) is 0. The highest BCUT2D eigenvalue weighted by atomic mass is 35.5. The van der Waals surface area contributed by atoms with E-state index in [9.17, 15) is 4.79 Å². The molecule has 0 aromatic heterocycles. The third-order valence-corrected chi connectivity index (χ3v) is 3.89. The lowest BCUT2D eigenvalue weighted by Gasteiger charge is -2.24. The van der Waals surface area contributed by atoms with Gasteiger partial charge in [-0.15, -0.1) is 23.2 Å². The Kier molecular flexibility index (Phi) is 6.55. The zero-order chi connectivity index (χ0) is 12.7. The minimum atomic E-state index is -0.993. The van der Waals surface area contributed by atoms with Crippen LogP contribution in [0.2, 0.25) is 0 Å². The zero-order valence-corrected chi connectivity index (χ0v) is 11.7. The molecule has 17 heavy (non-hydrogen) atoms. The molecular formula is C11H21Cl2N2O2+. The highest BCUT2D eigenvalue weighted by Gasteiger charge is 2.29. The highest BCUT2D eigenvalue weighted by Crippen LogP contribution is 2.15. The third-order valence-electron chi connectivity index (χ3n) is 2.92. The standard InChI is InChI=1S/C11H20Cl2N2O2/c1-11(13,9-12)10(16)14-3-2-4-15-5-7-17-8-6-15/h2-9H2,1H3,(H,14,16)/p+1/t11-/m0/s1. The molecule has 1 atom stereocenters. The second kappa shape index (κ2) is 7.41. The quantitative estimate of drug-likeness (QED) is 0.517. The molecule has 0 radical (unpaired) electrons. The number of carbonyl (C=O) groups excluding carboxylic acids is 1. The fourth-order valence-corrected chi connectivity index (χ4v) is 1.88. The van der Waals surface area contributed by atoms with Gasteiger partial charge in [-0.2, -0.15) is 0 Å². The Bertz CT molecular complexity index is 244. The molecule has 0 aromatic carbocycles. The van der Waals surface area contributed by atoms with E-state index in [4.69, 9.17) is 27.9 Å². The predicted molar refractivity (Wildman–Crippen MR) is 69.0 cm³/mol. The Balaban J connectivity index is 2.09. The maximum absolute atomic E-state index is 11.6. The van der Waals surface area contributed by atoms with E-state index in [1.54, 1.807) is 6.92 Å². The molecule has 0 bridgehead atoms. The largest absolute Gasteiger partial charge is 0.370 e. The van der Waals surface area contributed by atoms with E-state index in [1.807, 2.05) is 0 Å². The van der Waals surface area contributed by atoms with Crippen LogP contribution in [0, 0.1) is 0 Å². The number of halogens is 2. The summed E-state index contributed by atoms with van der Waals surface area (Å²) in [5.74, 6) is -0.0686. The maximum atomic E-state index is 11.6. The summed E-state index contributed by atoms with van der Waals surface area (Å²) >= 11 is 11.5. The van der Waals surface area contributed by atoms with Crippen LogP contribution < -0.4 is 10.2 Å². The van der Waals surface area contributed by atoms with Crippen molar-refractivity contribution >= 4 is 29.1 Å². The summed E-state index contributed by atoms with van der Waals surface area (Å²) in [6.45, 7) is 7.14. The Morgan fingerprint density at radius 3 is 2.71 bits per heavy atom. The maximum Gasteiger partial charge on any atom is 0.242 e. The smallest absolute Gasteiger partial charge is 0.242 e. The van der Waals surface area contributed by atoms with Crippen LogP contribution in [0.5, 0.6) is 0 Å². The number of hydrogen-bond donors (Lipinski definition) is 2. The van der Waals surface area contributed by atoms with Crippen molar-refractivity contribution in [2.24, 2.45) is 0 Å². The average molecular weight is 284 g/mol. The van der Waals surface area contributed by atoms with E-state index < -0.39 is 4.87 Å². The van der Waals surface area contributed by atoms with Crippen LogP contribution in [-0.4, -0.2) is 56.1 Å². The van der Waals surface area contributed by atoms with Gasteiger partial charge < -0.3 is 15.0 Å². The van der Waals surface area contributed by atoms with E-state index in [0.717, 1.165) is 39.3 Å². The molecule has 1 amide bonds. The number of rotatable bonds is 6. The van der Waals surface area contributed by atoms with Crippen molar-refractivity contribution in [3.8, 4) is 0 Å². The SMILES string of the molecule is C[C@](Cl)(CCl)C(=O)NCCC[NH+]1CCOCC1. The number of alkyl halides is 2. The van der Waals surface area contributed by atoms with Crippen molar-refractivity contribution in [1.29, 1.82) is 0 Å². The fourth-order valence-electron chi connectivity index (χ4n) is 1.70. The molecule has 4 nitrogen and oxygen atoms in total. The lowest BCUT2D eigenvalue weighted by Crippen LogP contribution is -3.14. The Morgan fingerprint density at radius 1 is 1.47 bits per heavy atom. The van der Waals surface area contributed by atoms with Crippen LogP contribution in [0.15, 0.2) is 0 Å². The summed E-state index contributed by atoms with van der Waals surface area (Å²) in [6, 6.07) is 0. The third kappa shape index (κ3) is 5.42. The lowest BCUT2D eigenvalue weighted by atomic mass is 10.2. The average Bonchev–Trinajstić information content (AvgIpc) is 2.35. The number of hydrogen-bond acceptors (Lipinski definition) is 2. The fraction of sp³-hybridized carbons (Fsp3) is 0.909. The molecular weight excluding hydrogens is 263 g/mol. The van der Waals surface area contributed by atoms with Gasteiger partial charge in [0.1, 0.15) is 18.0 Å². The molecule has 0 aromatic rings. The van der Waals surface area contributed by atoms with Crippen molar-refractivity contribution in [2.45, 2.75) is 18.2 Å². The van der Waals surface area contributed by atoms with Crippen molar-refractivity contribution < 1.29 is 14.4 Å². The molecule has 0 unspecified atom stereocenters. The number of ether oxygens (including phenoxy) is 1. The summed E-state index contributed by atoms with van der Waals surface area (Å²) in [5.41, 5.74) is 0. The van der Waals surface area contributed by atoms with Crippen LogP contribution in [0.25, 0.3) is 0 Å². The summed E-state index contributed by atoms with van der Waals surface area (Å²) in [4.78, 5) is 12.1. The Labute approximate surface area is 113 Å². The van der Waals surface area contributed by atoms with Crippen LogP contribution in [0.1, 0.15) is 13.3 Å². The summed E-state index contributed by atoms with van der Waals surface area (Å²) in [6.07, 6.45) is 0.955. The topological polar surface area (TPSA) is 42.8 Å². The molecule has 6 heteroatoms. The molecule has 1 fully saturated rings. The number of quaternary nitrogens is 1. The van der Waals surface area contributed by atoms with E-state index in [-0.39, 0.29) is 11.8 Å². The van der Waals surface area contributed by atoms with Gasteiger partial charge in [0, 0.05) is 13.0 Å². The number of amides is 1. The van der Waals surface area contributed by atoms with Gasteiger partial charge in [-0.05, 0) is 6.92 Å². The summed E-state index contributed by atoms with van der Waals surface area (Å²) in [5, 5.41) is 2.81. The molecule has 0 spiro atoms. The van der Waals surface area contributed by atoms with Crippen molar-refractivity contribution in [3.05, 3.63) is 0 Å². The Hall–Kier alpha value is -0.0300. The van der Waals surface area contributed by atoms with E-state index in [1.165, 1.54) is 4.90 Å². The molecule has 0 aliphatic carbocycles. The minimum Gasteiger partial charge on any atom is -0.370 e. The predicted octanol–water partition coefficient (Wildman–Crippen LogP) is -0.356. The molecule has 1 rings (SSSR count). The molecule has 0 saturated carbocycles. The molecule has 1 aliphatic rings. The second-order valence-electron chi connectivity index (χ2n) is 4.55. The number of carbonyl (C=O) groups is 1. The van der Waals surface area contributed by atoms with E-state index in [0.29, 0.717) is 6.54 Å². The van der Waals surface area contributed by atoms with Gasteiger partial charge in [-0.1, -0.05) is 0 Å². The van der Waals surface area contributed by atoms with Gasteiger partial charge in [0.2, 0.25) is 5.91 Å². The lowest BCUT2D eigenvalue weighted by molar-refractivity contribution is -0.908. The Morgan fingerprint density at radius 2 is 2.12 bits per heavy atom. The first kappa shape index (κ1) is 15.0. The van der Waals surface area contributed by atoms with E-state index in [2.05, 4.69) is 5.32 Å². The van der Waals surface area contributed by atoms with Crippen molar-refractivity contribution in [3.63, 3.8) is 0 Å². The van der Waals surface area contributed by atoms with Crippen LogP contribution >= 0.6 is 23.2 Å². The van der Waals surface area contributed by atoms with Gasteiger partial charge >= 0.3 is 0 Å². The first-order valence-corrected chi connectivity index (χ1v) is 6.92. The van der Waals surface area contributed by atoms with Gasteiger partial charge in [-0.25, -0.2) is 0 Å². The molecule has 1 heterocycles. The van der Waals surface area contributed by atoms with Crippen molar-refractivity contribution in [1.82, 2.24) is 5.32 Å². The van der Waals surface area contributed by atoms with Gasteiger partial charge in [-0.3, -0.25) is 4.79 Å². The first-order valence-electron chi connectivity index (χ1n) is 6.01. The molecule has 2 N–H and O–H groups in total. The van der Waals surface area contributed by atoms with Gasteiger partial charge in [0.05, 0.1) is 25.6 Å². The van der Waals surface area contributed by atoms with Gasteiger partial charge in [0.15, 0.2) is 0 Å². The first-order chi connectivity index (χ1) is 8.06. The minimum absolute atomic E-state index is 0.120. The molecule has 1 saturated heterocycles. The summed E-state index contributed by atoms with van der Waals surface area (Å²) < 4.78 is 5.28. The van der Waals surface area contributed by atoms with Crippen LogP contribution in [-0.2, 0) is 9.53 Å². The van der Waals surface area contributed by atoms with Crippen LogP contribution in [0.3, 0.4) is 0 Å².